The first-order chi connectivity index (χ1) is 17.3. The van der Waals surface area contributed by atoms with Crippen LogP contribution in [0.4, 0.5) is 5.82 Å². The molecule has 37 heavy (non-hydrogen) atoms. The number of para-hydroxylation sites is 1. The zero-order valence-electron chi connectivity index (χ0n) is 20.4. The number of hydrogen-bond donors (Lipinski definition) is 3. The summed E-state index contributed by atoms with van der Waals surface area (Å²) in [5.74, 6) is -2.25. The molecule has 5 rings (SSSR count). The number of nitrogens with zero attached hydrogens (tertiary/aromatic N) is 4. The second-order valence-corrected chi connectivity index (χ2v) is 11.0. The molecule has 15 heteroatoms. The van der Waals surface area contributed by atoms with Gasteiger partial charge >= 0.3 is 10.3 Å². The number of nitrogens with one attached hydrogen (secondary N) is 1. The van der Waals surface area contributed by atoms with Crippen LogP contribution < -0.4 is 10.5 Å². The molecule has 2 aliphatic rings. The van der Waals surface area contributed by atoms with E-state index < -0.39 is 52.1 Å². The number of nitrogen functional groups attached to an aromatic ring is 1. The molecule has 4 N–H and O–H groups in total. The molecule has 2 fully saturated rings. The van der Waals surface area contributed by atoms with Crippen molar-refractivity contribution in [3.8, 4) is 5.75 Å². The minimum Gasteiger partial charge on any atom is -0.507 e. The molecule has 4 heterocycles. The van der Waals surface area contributed by atoms with Crippen LogP contribution in [0.1, 0.15) is 44.3 Å². The maximum Gasteiger partial charge on any atom is 0.363 e. The summed E-state index contributed by atoms with van der Waals surface area (Å²) < 4.78 is 53.0. The maximum atomic E-state index is 12.8. The highest BCUT2D eigenvalue weighted by atomic mass is 32.2. The van der Waals surface area contributed by atoms with Crippen LogP contribution in [-0.2, 0) is 28.7 Å². The molecule has 2 aliphatic heterocycles. The zero-order chi connectivity index (χ0) is 26.8. The van der Waals surface area contributed by atoms with Crippen LogP contribution in [0.25, 0.3) is 11.2 Å². The number of amides is 1. The molecule has 1 amide bonds. The third-order valence-corrected chi connectivity index (χ3v) is 7.15. The fourth-order valence-electron chi connectivity index (χ4n) is 4.60. The third kappa shape index (κ3) is 4.59. The molecular weight excluding hydrogens is 508 g/mol. The monoisotopic (exact) mass is 534 g/mol. The van der Waals surface area contributed by atoms with E-state index in [2.05, 4.69) is 15.0 Å². The van der Waals surface area contributed by atoms with Gasteiger partial charge in [-0.2, -0.15) is 8.42 Å². The number of aromatic nitrogens is 4. The number of aromatic hydroxyl groups is 1. The number of benzene rings is 1. The lowest BCUT2D eigenvalue weighted by Gasteiger charge is -2.33. The van der Waals surface area contributed by atoms with Crippen LogP contribution in [0.15, 0.2) is 36.9 Å². The van der Waals surface area contributed by atoms with Crippen molar-refractivity contribution in [2.24, 2.45) is 0 Å². The fourth-order valence-corrected chi connectivity index (χ4v) is 5.64. The first-order valence-corrected chi connectivity index (χ1v) is 12.7. The molecule has 0 bridgehead atoms. The van der Waals surface area contributed by atoms with Crippen molar-refractivity contribution in [3.05, 3.63) is 42.5 Å². The summed E-state index contributed by atoms with van der Waals surface area (Å²) in [5.41, 5.74) is 4.90. The molecule has 0 saturated carbocycles. The van der Waals surface area contributed by atoms with E-state index in [1.165, 1.54) is 50.8 Å². The normalized spacial score (nSPS) is 25.3. The Morgan fingerprint density at radius 2 is 1.89 bits per heavy atom. The van der Waals surface area contributed by atoms with Gasteiger partial charge < -0.3 is 25.1 Å². The number of rotatable bonds is 6. The molecular formula is C22H26N6O8S. The smallest absolute Gasteiger partial charge is 0.363 e. The van der Waals surface area contributed by atoms with Crippen molar-refractivity contribution in [1.82, 2.24) is 24.2 Å². The van der Waals surface area contributed by atoms with Gasteiger partial charge in [-0.25, -0.2) is 23.9 Å². The highest BCUT2D eigenvalue weighted by Crippen LogP contribution is 2.47. The average molecular weight is 535 g/mol. The molecule has 2 saturated heterocycles. The summed E-state index contributed by atoms with van der Waals surface area (Å²) in [6.07, 6.45) is -0.463. The molecule has 198 valence electrons. The molecule has 1 aromatic carbocycles. The summed E-state index contributed by atoms with van der Waals surface area (Å²) in [6, 6.07) is 5.52. The van der Waals surface area contributed by atoms with Gasteiger partial charge in [-0.1, -0.05) is 12.1 Å². The molecule has 14 nitrogen and oxygen atoms in total. The molecule has 0 spiro atoms. The van der Waals surface area contributed by atoms with Crippen molar-refractivity contribution >= 4 is 33.2 Å². The number of carbonyl (C=O) groups excluding carboxylic acids is 1. The van der Waals surface area contributed by atoms with Crippen molar-refractivity contribution in [2.75, 3.05) is 5.73 Å². The first-order valence-electron chi connectivity index (χ1n) is 11.3. The van der Waals surface area contributed by atoms with Crippen LogP contribution in [0, 0.1) is 0 Å². The van der Waals surface area contributed by atoms with Gasteiger partial charge in [0, 0.05) is 0 Å². The topological polar surface area (TPSA) is 190 Å². The summed E-state index contributed by atoms with van der Waals surface area (Å²) in [7, 11) is -4.65. The SMILES string of the molecule is CC1(C)O[C@@H]2[C@H](O1)[C@@H](C(C)(C)OS(=O)(=O)NC(=O)c1ccccc1O)O[C@H]2n1cnc2c(N)ncnc21. The van der Waals surface area contributed by atoms with Crippen LogP contribution in [-0.4, -0.2) is 68.7 Å². The number of nitrogens with two attached hydrogens (primary N) is 1. The molecule has 0 aliphatic carbocycles. The van der Waals surface area contributed by atoms with E-state index in [9.17, 15) is 18.3 Å². The number of carbonyl (C=O) groups is 1. The molecule has 4 atom stereocenters. The van der Waals surface area contributed by atoms with Gasteiger partial charge in [-0.15, -0.1) is 0 Å². The number of phenols is 1. The Morgan fingerprint density at radius 1 is 1.19 bits per heavy atom. The number of fused-ring (bicyclic) bond motifs is 2. The Morgan fingerprint density at radius 3 is 2.62 bits per heavy atom. The highest BCUT2D eigenvalue weighted by Gasteiger charge is 2.61. The van der Waals surface area contributed by atoms with Gasteiger partial charge in [-0.3, -0.25) is 9.36 Å². The Balaban J connectivity index is 1.42. The lowest BCUT2D eigenvalue weighted by Crippen LogP contribution is -2.50. The summed E-state index contributed by atoms with van der Waals surface area (Å²) >= 11 is 0. The average Bonchev–Trinajstić information content (AvgIpc) is 3.44. The van der Waals surface area contributed by atoms with Crippen molar-refractivity contribution in [1.29, 1.82) is 0 Å². The van der Waals surface area contributed by atoms with Gasteiger partial charge in [0.1, 0.15) is 41.5 Å². The zero-order valence-corrected chi connectivity index (χ0v) is 21.2. The predicted molar refractivity (Wildman–Crippen MR) is 127 cm³/mol. The second-order valence-electron chi connectivity index (χ2n) is 9.68. The minimum atomic E-state index is -4.65. The number of phenolic OH excluding ortho intramolecular Hbond substituents is 1. The summed E-state index contributed by atoms with van der Waals surface area (Å²) in [4.78, 5) is 24.9. The van der Waals surface area contributed by atoms with Crippen LogP contribution >= 0.6 is 0 Å². The van der Waals surface area contributed by atoms with Crippen LogP contribution in [0.2, 0.25) is 0 Å². The van der Waals surface area contributed by atoms with E-state index in [-0.39, 0.29) is 17.1 Å². The minimum absolute atomic E-state index is 0.189. The van der Waals surface area contributed by atoms with Crippen molar-refractivity contribution < 1.29 is 36.7 Å². The second kappa shape index (κ2) is 8.59. The fraction of sp³-hybridized carbons (Fsp3) is 0.455. The summed E-state index contributed by atoms with van der Waals surface area (Å²) in [6.45, 7) is 6.43. The van der Waals surface area contributed by atoms with Crippen LogP contribution in [0.5, 0.6) is 5.75 Å². The number of ether oxygens (including phenoxy) is 3. The van der Waals surface area contributed by atoms with Gasteiger partial charge in [0.15, 0.2) is 23.5 Å². The standard InChI is InChI=1S/C22H26N6O8S/c1-21(2,36-37(31,32)27-19(30)11-7-5-6-8-12(11)29)16-14-15(35-22(3,4)34-14)20(33-16)28-10-26-13-17(23)24-9-25-18(13)28/h5-10,14-16,20,29H,1-4H3,(H,27,30)(H2,23,24,25)/t14-,15+,16-,20+/m0/s1. The molecule has 2 aromatic heterocycles. The van der Waals surface area contributed by atoms with E-state index in [0.717, 1.165) is 0 Å². The van der Waals surface area contributed by atoms with E-state index >= 15 is 0 Å². The predicted octanol–water partition coefficient (Wildman–Crippen LogP) is 1.00. The Labute approximate surface area is 212 Å². The lowest BCUT2D eigenvalue weighted by atomic mass is 9.96. The van der Waals surface area contributed by atoms with Crippen LogP contribution in [0.3, 0.4) is 0 Å². The quantitative estimate of drug-likeness (QED) is 0.407. The van der Waals surface area contributed by atoms with E-state index in [1.807, 2.05) is 4.72 Å². The largest absolute Gasteiger partial charge is 0.507 e. The van der Waals surface area contributed by atoms with Gasteiger partial charge in [0.25, 0.3) is 5.91 Å². The molecule has 0 radical (unpaired) electrons. The van der Waals surface area contributed by atoms with Gasteiger partial charge in [0.2, 0.25) is 0 Å². The molecule has 0 unspecified atom stereocenters. The number of imidazole rings is 1. The summed E-state index contributed by atoms with van der Waals surface area (Å²) in [5, 5.41) is 9.88. The van der Waals surface area contributed by atoms with Gasteiger partial charge in [-0.05, 0) is 39.8 Å². The Bertz CT molecular complexity index is 1470. The van der Waals surface area contributed by atoms with E-state index in [1.54, 1.807) is 18.4 Å². The molecule has 3 aromatic rings. The number of anilines is 1. The van der Waals surface area contributed by atoms with E-state index in [4.69, 9.17) is 24.1 Å². The lowest BCUT2D eigenvalue weighted by molar-refractivity contribution is -0.213. The first kappa shape index (κ1) is 25.3. The van der Waals surface area contributed by atoms with Gasteiger partial charge in [0.05, 0.1) is 11.9 Å². The van der Waals surface area contributed by atoms with Crippen molar-refractivity contribution in [2.45, 2.75) is 63.6 Å². The Hall–Kier alpha value is -3.37. The van der Waals surface area contributed by atoms with Crippen molar-refractivity contribution in [3.63, 3.8) is 0 Å². The third-order valence-electron chi connectivity index (χ3n) is 6.07. The maximum absolute atomic E-state index is 12.8. The Kier molecular flexibility index (Phi) is 5.87. The van der Waals surface area contributed by atoms with E-state index in [0.29, 0.717) is 11.2 Å². The highest BCUT2D eigenvalue weighted by molar-refractivity contribution is 7.85. The number of hydrogen-bond acceptors (Lipinski definition) is 12.